The predicted octanol–water partition coefficient (Wildman–Crippen LogP) is 11.8. The van der Waals surface area contributed by atoms with Crippen molar-refractivity contribution in [2.45, 2.75) is 161 Å². The summed E-state index contributed by atoms with van der Waals surface area (Å²) >= 11 is 0. The molecule has 0 aliphatic rings. The molecule has 0 fully saturated rings. The zero-order valence-electron chi connectivity index (χ0n) is 35.6. The maximum Gasteiger partial charge on any atom is 0.472 e. The molecular formula is C46H82N2O6P+. The number of rotatable bonds is 37. The minimum Gasteiger partial charge on any atom is -0.387 e. The fraction of sp³-hybridized carbons (Fsp3) is 0.674. The van der Waals surface area contributed by atoms with Crippen LogP contribution in [0.5, 0.6) is 0 Å². The molecule has 3 N–H and O–H groups in total. The largest absolute Gasteiger partial charge is 0.472 e. The summed E-state index contributed by atoms with van der Waals surface area (Å²) in [7, 11) is 1.55. The monoisotopic (exact) mass is 790 g/mol. The number of amides is 1. The summed E-state index contributed by atoms with van der Waals surface area (Å²) in [6.45, 7) is 4.51. The number of carbonyl (C=O) groups is 1. The Morgan fingerprint density at radius 1 is 0.636 bits per heavy atom. The molecular weight excluding hydrogens is 707 g/mol. The van der Waals surface area contributed by atoms with Gasteiger partial charge in [-0.1, -0.05) is 163 Å². The van der Waals surface area contributed by atoms with Crippen molar-refractivity contribution in [3.63, 3.8) is 0 Å². The zero-order chi connectivity index (χ0) is 40.7. The summed E-state index contributed by atoms with van der Waals surface area (Å²) in [4.78, 5) is 22.8. The molecule has 0 spiro atoms. The minimum atomic E-state index is -4.32. The lowest BCUT2D eigenvalue weighted by Gasteiger charge is -2.25. The number of phosphoric acid groups is 1. The molecule has 0 aliphatic heterocycles. The molecule has 0 aromatic heterocycles. The minimum absolute atomic E-state index is 0.0551. The highest BCUT2D eigenvalue weighted by molar-refractivity contribution is 7.47. The summed E-state index contributed by atoms with van der Waals surface area (Å²) in [6, 6.07) is -0.849. The van der Waals surface area contributed by atoms with Crippen molar-refractivity contribution in [3.8, 4) is 0 Å². The molecule has 3 atom stereocenters. The molecule has 316 valence electrons. The van der Waals surface area contributed by atoms with E-state index in [1.54, 1.807) is 6.08 Å². The van der Waals surface area contributed by atoms with E-state index in [1.165, 1.54) is 44.9 Å². The van der Waals surface area contributed by atoms with Gasteiger partial charge < -0.3 is 19.8 Å². The fourth-order valence-electron chi connectivity index (χ4n) is 5.44. The molecule has 0 saturated carbocycles. The van der Waals surface area contributed by atoms with Gasteiger partial charge in [0.25, 0.3) is 0 Å². The van der Waals surface area contributed by atoms with Gasteiger partial charge in [0.2, 0.25) is 5.91 Å². The molecule has 9 heteroatoms. The van der Waals surface area contributed by atoms with Crippen LogP contribution < -0.4 is 5.32 Å². The van der Waals surface area contributed by atoms with E-state index in [0.29, 0.717) is 17.4 Å². The quantitative estimate of drug-likeness (QED) is 0.0251. The summed E-state index contributed by atoms with van der Waals surface area (Å²) < 4.78 is 23.3. The van der Waals surface area contributed by atoms with Crippen LogP contribution in [0, 0.1) is 0 Å². The van der Waals surface area contributed by atoms with Crippen molar-refractivity contribution in [1.82, 2.24) is 5.32 Å². The second-order valence-corrected chi connectivity index (χ2v) is 16.8. The number of nitrogens with one attached hydrogen (secondary N) is 1. The van der Waals surface area contributed by atoms with E-state index in [1.807, 2.05) is 27.2 Å². The van der Waals surface area contributed by atoms with E-state index < -0.39 is 20.0 Å². The average molecular weight is 790 g/mol. The smallest absolute Gasteiger partial charge is 0.387 e. The third-order valence-electron chi connectivity index (χ3n) is 8.87. The number of nitrogens with zero attached hydrogens (tertiary/aromatic N) is 1. The maximum atomic E-state index is 12.7. The van der Waals surface area contributed by atoms with Crippen LogP contribution in [0.2, 0.25) is 0 Å². The molecule has 0 bridgehead atoms. The molecule has 0 saturated heterocycles. The van der Waals surface area contributed by atoms with Crippen molar-refractivity contribution >= 4 is 13.7 Å². The van der Waals surface area contributed by atoms with Gasteiger partial charge >= 0.3 is 7.82 Å². The first-order valence-electron chi connectivity index (χ1n) is 21.5. The second kappa shape index (κ2) is 37.3. The Balaban J connectivity index is 4.00. The fourth-order valence-corrected chi connectivity index (χ4v) is 6.18. The van der Waals surface area contributed by atoms with Gasteiger partial charge in [0.15, 0.2) is 0 Å². The van der Waals surface area contributed by atoms with E-state index >= 15 is 0 Å². The molecule has 55 heavy (non-hydrogen) atoms. The molecule has 0 heterocycles. The van der Waals surface area contributed by atoms with E-state index in [2.05, 4.69) is 92.1 Å². The van der Waals surface area contributed by atoms with Crippen molar-refractivity contribution in [2.75, 3.05) is 40.9 Å². The Morgan fingerprint density at radius 3 is 1.58 bits per heavy atom. The number of aliphatic hydroxyl groups is 1. The number of likely N-dealkylation sites (N-methyl/N-ethyl adjacent to an activating group) is 1. The molecule has 8 nitrogen and oxygen atoms in total. The molecule has 3 unspecified atom stereocenters. The van der Waals surface area contributed by atoms with Crippen LogP contribution in [0.4, 0.5) is 0 Å². The first-order chi connectivity index (χ1) is 26.5. The topological polar surface area (TPSA) is 105 Å². The lowest BCUT2D eigenvalue weighted by Crippen LogP contribution is -2.45. The first kappa shape index (κ1) is 52.7. The zero-order valence-corrected chi connectivity index (χ0v) is 36.5. The number of hydrogen-bond acceptors (Lipinski definition) is 5. The third-order valence-corrected chi connectivity index (χ3v) is 9.86. The number of allylic oxidation sites excluding steroid dienone is 13. The van der Waals surface area contributed by atoms with Gasteiger partial charge in [-0.2, -0.15) is 0 Å². The molecule has 1 amide bonds. The van der Waals surface area contributed by atoms with Gasteiger partial charge in [0, 0.05) is 6.42 Å². The van der Waals surface area contributed by atoms with Gasteiger partial charge in [0.1, 0.15) is 13.2 Å². The number of carbonyl (C=O) groups excluding carboxylic acids is 1. The van der Waals surface area contributed by atoms with Crippen LogP contribution in [0.3, 0.4) is 0 Å². The molecule has 0 aliphatic carbocycles. The third kappa shape index (κ3) is 39.7. The highest BCUT2D eigenvalue weighted by Crippen LogP contribution is 2.43. The van der Waals surface area contributed by atoms with E-state index in [4.69, 9.17) is 9.05 Å². The number of phosphoric ester groups is 1. The standard InChI is InChI=1S/C46H81N2O6P/c1-6-8-10-12-13-14-15-16-17-18-19-20-21-22-23-24-25-26-27-28-29-30-31-32-33-34-35-36-38-40-46(50)47-44(45(49)39-37-11-9-7-2)43-54-55(51,52)53-42-41-48(3,4)5/h8,10,13-14,16-17,19-20,22-23,25-26,37,39,44-45,49H,6-7,9,11-12,15,18,21,24,27-36,38,40-43H2,1-5H3,(H-,47,50,51,52)/p+1/b10-8-,14-13-,17-16-,20-19-,23-22-,26-25-,39-37+. The van der Waals surface area contributed by atoms with Crippen molar-refractivity contribution in [2.24, 2.45) is 0 Å². The Hall–Kier alpha value is -2.32. The molecule has 0 radical (unpaired) electrons. The van der Waals surface area contributed by atoms with Gasteiger partial charge in [-0.3, -0.25) is 13.8 Å². The van der Waals surface area contributed by atoms with Crippen LogP contribution in [0.25, 0.3) is 0 Å². The number of aliphatic hydroxyl groups excluding tert-OH is 1. The SMILES string of the molecule is CC/C=C\C/C=C\C/C=C\C/C=C\C/C=C\C/C=C\CCCCCCCCCCCCC(=O)NC(COP(=O)(O)OCC[N+](C)(C)C)C(O)/C=C/CCCC. The lowest BCUT2D eigenvalue weighted by atomic mass is 10.0. The van der Waals surface area contributed by atoms with Gasteiger partial charge in [-0.15, -0.1) is 0 Å². The maximum absolute atomic E-state index is 12.7. The normalized spacial score (nSPS) is 15.3. The highest BCUT2D eigenvalue weighted by Gasteiger charge is 2.27. The Labute approximate surface area is 337 Å². The summed E-state index contributed by atoms with van der Waals surface area (Å²) in [6.07, 6.45) is 51.5. The van der Waals surface area contributed by atoms with Crippen LogP contribution in [-0.2, 0) is 18.4 Å². The summed E-state index contributed by atoms with van der Waals surface area (Å²) in [5, 5.41) is 13.5. The van der Waals surface area contributed by atoms with Crippen molar-refractivity contribution in [3.05, 3.63) is 85.1 Å². The molecule has 0 aromatic rings. The van der Waals surface area contributed by atoms with Crippen LogP contribution in [0.1, 0.15) is 149 Å². The highest BCUT2D eigenvalue weighted by atomic mass is 31.2. The average Bonchev–Trinajstić information content (AvgIpc) is 3.13. The Morgan fingerprint density at radius 2 is 1.09 bits per heavy atom. The molecule has 0 rings (SSSR count). The Bertz CT molecular complexity index is 1170. The van der Waals surface area contributed by atoms with Crippen LogP contribution in [0.15, 0.2) is 85.1 Å². The second-order valence-electron chi connectivity index (χ2n) is 15.3. The van der Waals surface area contributed by atoms with Crippen molar-refractivity contribution in [1.29, 1.82) is 0 Å². The first-order valence-corrected chi connectivity index (χ1v) is 23.0. The van der Waals surface area contributed by atoms with Crippen LogP contribution in [-0.4, -0.2) is 73.4 Å². The van der Waals surface area contributed by atoms with Gasteiger partial charge in [-0.25, -0.2) is 4.57 Å². The van der Waals surface area contributed by atoms with Gasteiger partial charge in [-0.05, 0) is 64.2 Å². The van der Waals surface area contributed by atoms with E-state index in [9.17, 15) is 19.4 Å². The van der Waals surface area contributed by atoms with E-state index in [-0.39, 0.29) is 19.1 Å². The lowest BCUT2D eigenvalue weighted by molar-refractivity contribution is -0.870. The Kier molecular flexibility index (Phi) is 35.7. The predicted molar refractivity (Wildman–Crippen MR) is 235 cm³/mol. The van der Waals surface area contributed by atoms with E-state index in [0.717, 1.165) is 83.5 Å². The number of unbranched alkanes of at least 4 members (excludes halogenated alkanes) is 12. The summed E-state index contributed by atoms with van der Waals surface area (Å²) in [5.41, 5.74) is 0. The number of quaternary nitrogens is 1. The number of hydrogen-bond donors (Lipinski definition) is 3. The van der Waals surface area contributed by atoms with Gasteiger partial charge in [0.05, 0.1) is 39.9 Å². The van der Waals surface area contributed by atoms with Crippen LogP contribution >= 0.6 is 7.82 Å². The van der Waals surface area contributed by atoms with Crippen molar-refractivity contribution < 1.29 is 32.9 Å². The summed E-state index contributed by atoms with van der Waals surface area (Å²) in [5.74, 6) is -0.197. The molecule has 0 aromatic carbocycles.